The molecule has 0 heterocycles. The molecule has 0 amide bonds. The maximum Gasteiger partial charge on any atom is 0.536 e. The quantitative estimate of drug-likeness (QED) is 0.724. The molecule has 0 aliphatic carbocycles. The summed E-state index contributed by atoms with van der Waals surface area (Å²) in [5, 5.41) is 0.918. The van der Waals surface area contributed by atoms with Gasteiger partial charge in [-0.15, -0.1) is 0 Å². The van der Waals surface area contributed by atoms with Crippen molar-refractivity contribution in [3.8, 4) is 5.75 Å². The first-order valence-electron chi connectivity index (χ1n) is 5.50. The minimum atomic E-state index is -2.71. The summed E-state index contributed by atoms with van der Waals surface area (Å²) in [6.07, 6.45) is 0.162. The maximum atomic E-state index is 5.58. The van der Waals surface area contributed by atoms with Gasteiger partial charge >= 0.3 is 8.80 Å². The molecule has 0 bridgehead atoms. The minimum absolute atomic E-state index is 0.162. The second-order valence-corrected chi connectivity index (χ2v) is 6.77. The molecule has 0 radical (unpaired) electrons. The molecule has 96 valence electrons. The van der Waals surface area contributed by atoms with Crippen LogP contribution in [-0.4, -0.2) is 36.2 Å². The third-order valence-electron chi connectivity index (χ3n) is 2.39. The molecular formula is C12H20O4Si. The highest BCUT2D eigenvalue weighted by Crippen LogP contribution is 2.13. The standard InChI is InChI=1S/C12H20O4Si/c1-10(2)16-11-6-8-12(9-7-11)17(13-3,14-4)15-5/h6-10H,1-5H3. The second-order valence-electron chi connectivity index (χ2n) is 3.86. The zero-order valence-corrected chi connectivity index (χ0v) is 12.0. The van der Waals surface area contributed by atoms with E-state index in [1.54, 1.807) is 21.3 Å². The number of benzene rings is 1. The van der Waals surface area contributed by atoms with E-state index in [0.717, 1.165) is 10.9 Å². The number of rotatable bonds is 6. The lowest BCUT2D eigenvalue weighted by molar-refractivity contribution is 0.140. The van der Waals surface area contributed by atoms with Crippen LogP contribution in [0.5, 0.6) is 5.75 Å². The van der Waals surface area contributed by atoms with Crippen molar-refractivity contribution in [1.29, 1.82) is 0 Å². The zero-order valence-electron chi connectivity index (χ0n) is 11.0. The molecule has 1 aromatic rings. The van der Waals surface area contributed by atoms with Crippen LogP contribution in [0.4, 0.5) is 0 Å². The van der Waals surface area contributed by atoms with Gasteiger partial charge in [0.05, 0.1) is 6.10 Å². The Morgan fingerprint density at radius 2 is 1.35 bits per heavy atom. The average molecular weight is 256 g/mol. The van der Waals surface area contributed by atoms with Crippen molar-refractivity contribution in [2.24, 2.45) is 0 Å². The van der Waals surface area contributed by atoms with E-state index in [2.05, 4.69) is 0 Å². The molecule has 17 heavy (non-hydrogen) atoms. The summed E-state index contributed by atoms with van der Waals surface area (Å²) in [7, 11) is 2.07. The molecule has 0 aliphatic heterocycles. The van der Waals surface area contributed by atoms with Gasteiger partial charge in [0.15, 0.2) is 0 Å². The molecule has 4 nitrogen and oxygen atoms in total. The van der Waals surface area contributed by atoms with Crippen molar-refractivity contribution < 1.29 is 18.0 Å². The SMILES string of the molecule is CO[Si](OC)(OC)c1ccc(OC(C)C)cc1. The summed E-state index contributed by atoms with van der Waals surface area (Å²) >= 11 is 0. The highest BCUT2D eigenvalue weighted by Gasteiger charge is 2.40. The van der Waals surface area contributed by atoms with E-state index in [0.29, 0.717) is 0 Å². The van der Waals surface area contributed by atoms with Crippen LogP contribution in [0.1, 0.15) is 13.8 Å². The number of hydrogen-bond acceptors (Lipinski definition) is 4. The third kappa shape index (κ3) is 3.29. The van der Waals surface area contributed by atoms with Crippen LogP contribution in [0.3, 0.4) is 0 Å². The Morgan fingerprint density at radius 3 is 1.71 bits per heavy atom. The lowest BCUT2D eigenvalue weighted by atomic mass is 10.3. The summed E-state index contributed by atoms with van der Waals surface area (Å²) in [5.41, 5.74) is 0. The summed E-state index contributed by atoms with van der Waals surface area (Å²) < 4.78 is 21.8. The van der Waals surface area contributed by atoms with Crippen LogP contribution in [0, 0.1) is 0 Å². The lowest BCUT2D eigenvalue weighted by Crippen LogP contribution is -2.54. The Labute approximate surface area is 104 Å². The van der Waals surface area contributed by atoms with E-state index in [9.17, 15) is 0 Å². The van der Waals surface area contributed by atoms with Crippen molar-refractivity contribution in [1.82, 2.24) is 0 Å². The van der Waals surface area contributed by atoms with Gasteiger partial charge in [0.25, 0.3) is 0 Å². The van der Waals surface area contributed by atoms with Gasteiger partial charge in [-0.2, -0.15) is 0 Å². The smallest absolute Gasteiger partial charge is 0.491 e. The van der Waals surface area contributed by atoms with E-state index < -0.39 is 8.80 Å². The van der Waals surface area contributed by atoms with Gasteiger partial charge in [0.1, 0.15) is 5.75 Å². The van der Waals surface area contributed by atoms with Crippen molar-refractivity contribution in [3.05, 3.63) is 24.3 Å². The van der Waals surface area contributed by atoms with Crippen molar-refractivity contribution >= 4 is 14.0 Å². The van der Waals surface area contributed by atoms with Gasteiger partial charge in [0, 0.05) is 26.5 Å². The topological polar surface area (TPSA) is 36.9 Å². The summed E-state index contributed by atoms with van der Waals surface area (Å²) in [4.78, 5) is 0. The Kier molecular flexibility index (Phi) is 5.14. The molecule has 0 atom stereocenters. The molecular weight excluding hydrogens is 236 g/mol. The molecule has 0 fully saturated rings. The predicted octanol–water partition coefficient (Wildman–Crippen LogP) is 1.56. The molecule has 0 N–H and O–H groups in total. The van der Waals surface area contributed by atoms with E-state index in [1.165, 1.54) is 0 Å². The van der Waals surface area contributed by atoms with Gasteiger partial charge in [-0.1, -0.05) is 12.1 Å². The van der Waals surface area contributed by atoms with E-state index in [1.807, 2.05) is 38.1 Å². The van der Waals surface area contributed by atoms with Gasteiger partial charge < -0.3 is 18.0 Å². The molecule has 1 rings (SSSR count). The van der Waals surface area contributed by atoms with Crippen LogP contribution in [-0.2, 0) is 13.3 Å². The second kappa shape index (κ2) is 6.16. The summed E-state index contributed by atoms with van der Waals surface area (Å²) in [6.45, 7) is 3.98. The molecule has 1 aromatic carbocycles. The number of ether oxygens (including phenoxy) is 1. The van der Waals surface area contributed by atoms with E-state index in [4.69, 9.17) is 18.0 Å². The Hall–Kier alpha value is -0.883. The maximum absolute atomic E-state index is 5.58. The molecule has 0 spiro atoms. The highest BCUT2D eigenvalue weighted by molar-refractivity contribution is 6.75. The lowest BCUT2D eigenvalue weighted by Gasteiger charge is -2.24. The number of hydrogen-bond donors (Lipinski definition) is 0. The summed E-state index contributed by atoms with van der Waals surface area (Å²) in [6, 6.07) is 7.63. The average Bonchev–Trinajstić information content (AvgIpc) is 2.33. The van der Waals surface area contributed by atoms with E-state index >= 15 is 0 Å². The van der Waals surface area contributed by atoms with Crippen LogP contribution >= 0.6 is 0 Å². The summed E-state index contributed by atoms with van der Waals surface area (Å²) in [5.74, 6) is 0.829. The largest absolute Gasteiger partial charge is 0.536 e. The van der Waals surface area contributed by atoms with Gasteiger partial charge in [-0.05, 0) is 26.0 Å². The van der Waals surface area contributed by atoms with Crippen LogP contribution < -0.4 is 9.92 Å². The fourth-order valence-corrected chi connectivity index (χ4v) is 3.40. The first-order valence-corrected chi connectivity index (χ1v) is 7.23. The molecule has 0 unspecified atom stereocenters. The first kappa shape index (κ1) is 14.2. The van der Waals surface area contributed by atoms with Gasteiger partial charge in [0.2, 0.25) is 0 Å². The highest BCUT2D eigenvalue weighted by atomic mass is 28.4. The third-order valence-corrected chi connectivity index (χ3v) is 5.04. The molecule has 0 aliphatic rings. The van der Waals surface area contributed by atoms with Crippen LogP contribution in [0.15, 0.2) is 24.3 Å². The fourth-order valence-electron chi connectivity index (χ4n) is 1.61. The molecule has 0 saturated heterocycles. The van der Waals surface area contributed by atoms with Crippen LogP contribution in [0.2, 0.25) is 0 Å². The normalized spacial score (nSPS) is 11.9. The Morgan fingerprint density at radius 1 is 0.882 bits per heavy atom. The zero-order chi connectivity index (χ0) is 12.9. The minimum Gasteiger partial charge on any atom is -0.491 e. The van der Waals surface area contributed by atoms with Crippen molar-refractivity contribution in [2.75, 3.05) is 21.3 Å². The van der Waals surface area contributed by atoms with Crippen LogP contribution in [0.25, 0.3) is 0 Å². The monoisotopic (exact) mass is 256 g/mol. The van der Waals surface area contributed by atoms with Crippen molar-refractivity contribution in [2.45, 2.75) is 20.0 Å². The molecule has 0 aromatic heterocycles. The van der Waals surface area contributed by atoms with Crippen molar-refractivity contribution in [3.63, 3.8) is 0 Å². The fraction of sp³-hybridized carbons (Fsp3) is 0.500. The van der Waals surface area contributed by atoms with Gasteiger partial charge in [-0.25, -0.2) is 0 Å². The predicted molar refractivity (Wildman–Crippen MR) is 68.6 cm³/mol. The van der Waals surface area contributed by atoms with E-state index in [-0.39, 0.29) is 6.10 Å². The first-order chi connectivity index (χ1) is 8.07. The Balaban J connectivity index is 2.92. The van der Waals surface area contributed by atoms with Gasteiger partial charge in [-0.3, -0.25) is 0 Å². The molecule has 5 heteroatoms. The Bertz CT molecular complexity index is 325. The molecule has 0 saturated carbocycles.